The highest BCUT2D eigenvalue weighted by atomic mass is 16.5. The average Bonchev–Trinajstić information content (AvgIpc) is 3.17. The summed E-state index contributed by atoms with van der Waals surface area (Å²) in [5, 5.41) is 1.14. The van der Waals surface area contributed by atoms with Gasteiger partial charge in [0.25, 0.3) is 0 Å². The molecule has 3 nitrogen and oxygen atoms in total. The van der Waals surface area contributed by atoms with Crippen LogP contribution in [0.15, 0.2) is 41.0 Å². The van der Waals surface area contributed by atoms with Crippen LogP contribution in [-0.4, -0.2) is 37.7 Å². The van der Waals surface area contributed by atoms with Crippen LogP contribution in [0.4, 0.5) is 0 Å². The summed E-state index contributed by atoms with van der Waals surface area (Å²) in [4.78, 5) is 2.53. The monoisotopic (exact) mass is 285 g/mol. The molecule has 2 heterocycles. The standard InChI is InChI=1S/C18H23NO2/c1-2-10-19(9-1)11-4-13-20-12-3-5-16-6-7-18-17(15-16)8-14-21-18/h3,5-8,14-15H,1-2,4,9-13H2. The maximum Gasteiger partial charge on any atom is 0.133 e. The predicted octanol–water partition coefficient (Wildman–Crippen LogP) is 3.95. The van der Waals surface area contributed by atoms with Gasteiger partial charge in [0.05, 0.1) is 12.9 Å². The van der Waals surface area contributed by atoms with E-state index < -0.39 is 0 Å². The van der Waals surface area contributed by atoms with Crippen molar-refractivity contribution in [3.8, 4) is 0 Å². The molecule has 3 heteroatoms. The Kier molecular flexibility index (Phi) is 5.08. The highest BCUT2D eigenvalue weighted by molar-refractivity contribution is 5.79. The summed E-state index contributed by atoms with van der Waals surface area (Å²) in [6, 6.07) is 8.19. The van der Waals surface area contributed by atoms with E-state index in [1.165, 1.54) is 38.0 Å². The largest absolute Gasteiger partial charge is 0.464 e. The highest BCUT2D eigenvalue weighted by Crippen LogP contribution is 2.17. The first-order chi connectivity index (χ1) is 10.4. The molecular weight excluding hydrogens is 262 g/mol. The summed E-state index contributed by atoms with van der Waals surface area (Å²) in [6.07, 6.45) is 9.77. The Bertz CT molecular complexity index is 582. The number of benzene rings is 1. The Morgan fingerprint density at radius 3 is 3.00 bits per heavy atom. The van der Waals surface area contributed by atoms with E-state index in [0.717, 1.165) is 24.0 Å². The molecule has 112 valence electrons. The summed E-state index contributed by atoms with van der Waals surface area (Å²) < 4.78 is 11.0. The molecule has 1 saturated heterocycles. The Labute approximate surface area is 126 Å². The van der Waals surface area contributed by atoms with Gasteiger partial charge in [0, 0.05) is 18.5 Å². The van der Waals surface area contributed by atoms with Gasteiger partial charge in [0.2, 0.25) is 0 Å². The summed E-state index contributed by atoms with van der Waals surface area (Å²) in [6.45, 7) is 5.26. The Balaban J connectivity index is 1.34. The summed E-state index contributed by atoms with van der Waals surface area (Å²) in [7, 11) is 0. The second-order valence-electron chi connectivity index (χ2n) is 5.60. The van der Waals surface area contributed by atoms with E-state index in [2.05, 4.69) is 29.2 Å². The lowest BCUT2D eigenvalue weighted by Gasteiger charge is -2.13. The number of nitrogens with zero attached hydrogens (tertiary/aromatic N) is 1. The quantitative estimate of drug-likeness (QED) is 0.720. The Morgan fingerprint density at radius 1 is 1.19 bits per heavy atom. The first-order valence-corrected chi connectivity index (χ1v) is 7.86. The van der Waals surface area contributed by atoms with E-state index in [-0.39, 0.29) is 0 Å². The van der Waals surface area contributed by atoms with Crippen molar-refractivity contribution in [1.29, 1.82) is 0 Å². The number of ether oxygens (including phenoxy) is 1. The molecule has 0 radical (unpaired) electrons. The van der Waals surface area contributed by atoms with Crippen LogP contribution in [0, 0.1) is 0 Å². The van der Waals surface area contributed by atoms with Gasteiger partial charge in [-0.05, 0) is 56.1 Å². The second-order valence-corrected chi connectivity index (χ2v) is 5.60. The van der Waals surface area contributed by atoms with E-state index in [9.17, 15) is 0 Å². The van der Waals surface area contributed by atoms with Crippen molar-refractivity contribution in [2.45, 2.75) is 19.3 Å². The predicted molar refractivity (Wildman–Crippen MR) is 86.4 cm³/mol. The van der Waals surface area contributed by atoms with Crippen molar-refractivity contribution in [1.82, 2.24) is 4.90 Å². The molecule has 0 unspecified atom stereocenters. The molecule has 2 aromatic rings. The van der Waals surface area contributed by atoms with Crippen LogP contribution >= 0.6 is 0 Å². The molecule has 0 atom stereocenters. The van der Waals surface area contributed by atoms with Gasteiger partial charge in [-0.15, -0.1) is 0 Å². The molecule has 3 rings (SSSR count). The van der Waals surface area contributed by atoms with Crippen molar-refractivity contribution < 1.29 is 9.15 Å². The summed E-state index contributed by atoms with van der Waals surface area (Å²) in [5.41, 5.74) is 2.12. The van der Waals surface area contributed by atoms with Gasteiger partial charge in [-0.3, -0.25) is 0 Å². The van der Waals surface area contributed by atoms with E-state index in [0.29, 0.717) is 6.61 Å². The molecule has 0 saturated carbocycles. The van der Waals surface area contributed by atoms with Crippen LogP contribution in [0.25, 0.3) is 17.0 Å². The molecule has 0 amide bonds. The molecule has 0 aliphatic carbocycles. The van der Waals surface area contributed by atoms with E-state index in [4.69, 9.17) is 9.15 Å². The first-order valence-electron chi connectivity index (χ1n) is 7.86. The Morgan fingerprint density at radius 2 is 2.10 bits per heavy atom. The maximum absolute atomic E-state index is 5.66. The van der Waals surface area contributed by atoms with Crippen molar-refractivity contribution in [3.63, 3.8) is 0 Å². The van der Waals surface area contributed by atoms with Crippen LogP contribution in [0.3, 0.4) is 0 Å². The molecule has 1 aliphatic rings. The molecular formula is C18H23NO2. The maximum atomic E-state index is 5.66. The first kappa shape index (κ1) is 14.4. The van der Waals surface area contributed by atoms with Crippen molar-refractivity contribution in [3.05, 3.63) is 42.2 Å². The minimum absolute atomic E-state index is 0.684. The van der Waals surface area contributed by atoms with Gasteiger partial charge < -0.3 is 14.1 Å². The van der Waals surface area contributed by atoms with Crippen LogP contribution in [0.1, 0.15) is 24.8 Å². The normalized spacial score (nSPS) is 16.4. The third-order valence-electron chi connectivity index (χ3n) is 3.96. The molecule has 21 heavy (non-hydrogen) atoms. The lowest BCUT2D eigenvalue weighted by molar-refractivity contribution is 0.149. The van der Waals surface area contributed by atoms with E-state index >= 15 is 0 Å². The molecule has 1 aromatic carbocycles. The summed E-state index contributed by atoms with van der Waals surface area (Å²) in [5.74, 6) is 0. The van der Waals surface area contributed by atoms with Gasteiger partial charge in [-0.25, -0.2) is 0 Å². The van der Waals surface area contributed by atoms with E-state index in [1.807, 2.05) is 12.1 Å². The van der Waals surface area contributed by atoms with Gasteiger partial charge in [-0.1, -0.05) is 18.2 Å². The third-order valence-corrected chi connectivity index (χ3v) is 3.96. The molecule has 1 aromatic heterocycles. The Hall–Kier alpha value is -1.58. The lowest BCUT2D eigenvalue weighted by Crippen LogP contribution is -2.21. The number of furan rings is 1. The van der Waals surface area contributed by atoms with Gasteiger partial charge in [0.15, 0.2) is 0 Å². The number of rotatable bonds is 7. The van der Waals surface area contributed by atoms with Gasteiger partial charge >= 0.3 is 0 Å². The molecule has 0 N–H and O–H groups in total. The van der Waals surface area contributed by atoms with Crippen molar-refractivity contribution in [2.24, 2.45) is 0 Å². The fourth-order valence-electron chi connectivity index (χ4n) is 2.82. The molecule has 1 fully saturated rings. The van der Waals surface area contributed by atoms with Gasteiger partial charge in [0.1, 0.15) is 5.58 Å². The zero-order valence-electron chi connectivity index (χ0n) is 12.5. The smallest absolute Gasteiger partial charge is 0.133 e. The topological polar surface area (TPSA) is 25.6 Å². The van der Waals surface area contributed by atoms with Crippen LogP contribution in [-0.2, 0) is 4.74 Å². The van der Waals surface area contributed by atoms with Gasteiger partial charge in [-0.2, -0.15) is 0 Å². The number of likely N-dealkylation sites (tertiary alicyclic amines) is 1. The number of hydrogen-bond donors (Lipinski definition) is 0. The lowest BCUT2D eigenvalue weighted by atomic mass is 10.1. The van der Waals surface area contributed by atoms with Crippen LogP contribution < -0.4 is 0 Å². The van der Waals surface area contributed by atoms with Crippen molar-refractivity contribution >= 4 is 17.0 Å². The molecule has 0 spiro atoms. The zero-order valence-corrected chi connectivity index (χ0v) is 12.5. The van der Waals surface area contributed by atoms with Crippen molar-refractivity contribution in [2.75, 3.05) is 32.8 Å². The zero-order chi connectivity index (χ0) is 14.3. The average molecular weight is 285 g/mol. The van der Waals surface area contributed by atoms with E-state index in [1.54, 1.807) is 6.26 Å². The highest BCUT2D eigenvalue weighted by Gasteiger charge is 2.09. The number of hydrogen-bond acceptors (Lipinski definition) is 3. The third kappa shape index (κ3) is 4.19. The fourth-order valence-corrected chi connectivity index (χ4v) is 2.82. The molecule has 0 bridgehead atoms. The van der Waals surface area contributed by atoms with Crippen LogP contribution in [0.2, 0.25) is 0 Å². The SMILES string of the molecule is C(=Cc1ccc2occc2c1)COCCCN1CCCC1. The second kappa shape index (κ2) is 7.43. The number of fused-ring (bicyclic) bond motifs is 1. The minimum Gasteiger partial charge on any atom is -0.464 e. The summed E-state index contributed by atoms with van der Waals surface area (Å²) >= 11 is 0. The molecule has 1 aliphatic heterocycles. The van der Waals surface area contributed by atoms with Crippen LogP contribution in [0.5, 0.6) is 0 Å². The minimum atomic E-state index is 0.684. The fraction of sp³-hybridized carbons (Fsp3) is 0.444.